The number of ether oxygens (including phenoxy) is 1. The molecule has 1 saturated heterocycles. The minimum absolute atomic E-state index is 0.215. The first-order valence-electron chi connectivity index (χ1n) is 6.71. The van der Waals surface area contributed by atoms with E-state index in [-0.39, 0.29) is 12.2 Å². The van der Waals surface area contributed by atoms with Crippen molar-refractivity contribution >= 4 is 22.4 Å². The summed E-state index contributed by atoms with van der Waals surface area (Å²) in [6.45, 7) is 5.92. The molecule has 2 N–H and O–H groups in total. The Morgan fingerprint density at radius 2 is 1.90 bits per heavy atom. The average Bonchev–Trinajstić information content (AvgIpc) is 2.80. The molecular formula is C14H18N4OS. The number of nitrogens with two attached hydrogens (primary N) is 1. The summed E-state index contributed by atoms with van der Waals surface area (Å²) < 4.78 is 10.1. The lowest BCUT2D eigenvalue weighted by Crippen LogP contribution is -2.45. The van der Waals surface area contributed by atoms with Crippen molar-refractivity contribution in [2.24, 2.45) is 0 Å². The largest absolute Gasteiger partial charge is 0.382 e. The second-order valence-corrected chi connectivity index (χ2v) is 5.90. The molecular weight excluding hydrogens is 272 g/mol. The number of hydrogen-bond donors (Lipinski definition) is 1. The molecule has 5 nitrogen and oxygen atoms in total. The van der Waals surface area contributed by atoms with Crippen molar-refractivity contribution in [3.8, 4) is 11.1 Å². The Kier molecular flexibility index (Phi) is 3.58. The van der Waals surface area contributed by atoms with E-state index in [0.717, 1.165) is 29.2 Å². The third-order valence-electron chi connectivity index (χ3n) is 3.38. The van der Waals surface area contributed by atoms with Gasteiger partial charge in [-0.2, -0.15) is 4.37 Å². The summed E-state index contributed by atoms with van der Waals surface area (Å²) in [5.74, 6) is 0.586. The van der Waals surface area contributed by atoms with Gasteiger partial charge in [0, 0.05) is 25.5 Å². The molecule has 1 fully saturated rings. The Labute approximate surface area is 122 Å². The van der Waals surface area contributed by atoms with Crippen LogP contribution in [0.25, 0.3) is 11.1 Å². The number of aromatic nitrogens is 2. The lowest BCUT2D eigenvalue weighted by Gasteiger charge is -2.36. The Balaban J connectivity index is 1.99. The molecule has 2 unspecified atom stereocenters. The van der Waals surface area contributed by atoms with E-state index in [0.29, 0.717) is 5.82 Å². The molecule has 0 radical (unpaired) electrons. The summed E-state index contributed by atoms with van der Waals surface area (Å²) in [5, 5.41) is 1.12. The van der Waals surface area contributed by atoms with Gasteiger partial charge >= 0.3 is 0 Å². The maximum Gasteiger partial charge on any atom is 0.147 e. The molecule has 20 heavy (non-hydrogen) atoms. The van der Waals surface area contributed by atoms with E-state index in [2.05, 4.69) is 28.1 Å². The van der Waals surface area contributed by atoms with Crippen molar-refractivity contribution in [2.75, 3.05) is 23.7 Å². The molecule has 0 saturated carbocycles. The SMILES string of the molecule is CC1CN(c2snc(N)c2-c2ccncc2)CC(C)O1. The minimum atomic E-state index is 0.215. The van der Waals surface area contributed by atoms with Crippen LogP contribution in [0.15, 0.2) is 24.5 Å². The van der Waals surface area contributed by atoms with Gasteiger partial charge in [0.05, 0.1) is 17.8 Å². The van der Waals surface area contributed by atoms with Gasteiger partial charge in [0.25, 0.3) is 0 Å². The number of hydrogen-bond acceptors (Lipinski definition) is 6. The summed E-state index contributed by atoms with van der Waals surface area (Å²) in [7, 11) is 0. The van der Waals surface area contributed by atoms with E-state index in [1.54, 1.807) is 12.4 Å². The van der Waals surface area contributed by atoms with Crippen LogP contribution in [-0.4, -0.2) is 34.7 Å². The van der Waals surface area contributed by atoms with Gasteiger partial charge in [-0.3, -0.25) is 4.98 Å². The molecule has 1 aliphatic heterocycles. The highest BCUT2D eigenvalue weighted by atomic mass is 32.1. The van der Waals surface area contributed by atoms with E-state index in [1.807, 2.05) is 12.1 Å². The van der Waals surface area contributed by atoms with Crippen molar-refractivity contribution in [2.45, 2.75) is 26.1 Å². The van der Waals surface area contributed by atoms with E-state index < -0.39 is 0 Å². The predicted octanol–water partition coefficient (Wildman–Crippen LogP) is 2.40. The molecule has 1 aliphatic rings. The maximum atomic E-state index is 6.07. The molecule has 2 aromatic rings. The van der Waals surface area contributed by atoms with Gasteiger partial charge < -0.3 is 15.4 Å². The smallest absolute Gasteiger partial charge is 0.147 e. The van der Waals surface area contributed by atoms with Gasteiger partial charge in [-0.1, -0.05) is 0 Å². The van der Waals surface area contributed by atoms with Gasteiger partial charge in [0.1, 0.15) is 10.8 Å². The van der Waals surface area contributed by atoms with Gasteiger partial charge in [0.15, 0.2) is 0 Å². The monoisotopic (exact) mass is 290 g/mol. The van der Waals surface area contributed by atoms with Crippen molar-refractivity contribution in [1.29, 1.82) is 0 Å². The second-order valence-electron chi connectivity index (χ2n) is 5.15. The molecule has 2 aromatic heterocycles. The highest BCUT2D eigenvalue weighted by molar-refractivity contribution is 7.11. The number of pyridine rings is 1. The predicted molar refractivity (Wildman–Crippen MR) is 82.0 cm³/mol. The van der Waals surface area contributed by atoms with Gasteiger partial charge in [0.2, 0.25) is 0 Å². The quantitative estimate of drug-likeness (QED) is 0.920. The lowest BCUT2D eigenvalue weighted by molar-refractivity contribution is -0.00497. The summed E-state index contributed by atoms with van der Waals surface area (Å²) in [6, 6.07) is 3.94. The normalized spacial score (nSPS) is 23.0. The fourth-order valence-corrected chi connectivity index (χ4v) is 3.50. The van der Waals surface area contributed by atoms with E-state index in [9.17, 15) is 0 Å². The molecule has 0 bridgehead atoms. The average molecular weight is 290 g/mol. The minimum Gasteiger partial charge on any atom is -0.382 e. The first-order chi connectivity index (χ1) is 9.65. The zero-order valence-electron chi connectivity index (χ0n) is 11.6. The third kappa shape index (κ3) is 2.48. The molecule has 2 atom stereocenters. The number of anilines is 2. The van der Waals surface area contributed by atoms with Crippen molar-refractivity contribution in [3.63, 3.8) is 0 Å². The van der Waals surface area contributed by atoms with E-state index in [4.69, 9.17) is 10.5 Å². The Morgan fingerprint density at radius 1 is 1.25 bits per heavy atom. The molecule has 0 aromatic carbocycles. The molecule has 3 rings (SSSR count). The zero-order valence-corrected chi connectivity index (χ0v) is 12.4. The van der Waals surface area contributed by atoms with Crippen LogP contribution in [0.1, 0.15) is 13.8 Å². The maximum absolute atomic E-state index is 6.07. The summed E-state index contributed by atoms with van der Waals surface area (Å²) in [4.78, 5) is 6.38. The third-order valence-corrected chi connectivity index (χ3v) is 4.30. The van der Waals surface area contributed by atoms with Crippen LogP contribution in [0.4, 0.5) is 10.8 Å². The van der Waals surface area contributed by atoms with Crippen LogP contribution in [0.2, 0.25) is 0 Å². The van der Waals surface area contributed by atoms with Crippen molar-refractivity contribution in [3.05, 3.63) is 24.5 Å². The van der Waals surface area contributed by atoms with Gasteiger partial charge in [-0.25, -0.2) is 0 Å². The molecule has 106 valence electrons. The first-order valence-corrected chi connectivity index (χ1v) is 7.48. The van der Waals surface area contributed by atoms with E-state index >= 15 is 0 Å². The molecule has 0 amide bonds. The van der Waals surface area contributed by atoms with Crippen LogP contribution < -0.4 is 10.6 Å². The lowest BCUT2D eigenvalue weighted by atomic mass is 10.1. The molecule has 3 heterocycles. The highest BCUT2D eigenvalue weighted by Gasteiger charge is 2.27. The Bertz CT molecular complexity index is 576. The summed E-state index contributed by atoms with van der Waals surface area (Å²) in [5.41, 5.74) is 8.15. The van der Waals surface area contributed by atoms with Crippen LogP contribution in [-0.2, 0) is 4.74 Å². The number of rotatable bonds is 2. The summed E-state index contributed by atoms with van der Waals surface area (Å²) >= 11 is 1.46. The number of nitrogens with zero attached hydrogens (tertiary/aromatic N) is 3. The zero-order chi connectivity index (χ0) is 14.1. The first kappa shape index (κ1) is 13.3. The fraction of sp³-hybridized carbons (Fsp3) is 0.429. The topological polar surface area (TPSA) is 64.3 Å². The number of nitrogen functional groups attached to an aromatic ring is 1. The fourth-order valence-electron chi connectivity index (χ4n) is 2.64. The molecule has 0 spiro atoms. The molecule has 6 heteroatoms. The van der Waals surface area contributed by atoms with Crippen molar-refractivity contribution < 1.29 is 4.74 Å². The Morgan fingerprint density at radius 3 is 2.55 bits per heavy atom. The van der Waals surface area contributed by atoms with Crippen molar-refractivity contribution in [1.82, 2.24) is 9.36 Å². The van der Waals surface area contributed by atoms with Gasteiger partial charge in [-0.15, -0.1) is 0 Å². The second kappa shape index (κ2) is 5.38. The van der Waals surface area contributed by atoms with Crippen LogP contribution >= 0.6 is 11.5 Å². The Hall–Kier alpha value is -1.66. The van der Waals surface area contributed by atoms with Crippen LogP contribution in [0.5, 0.6) is 0 Å². The van der Waals surface area contributed by atoms with Gasteiger partial charge in [-0.05, 0) is 43.1 Å². The van der Waals surface area contributed by atoms with E-state index in [1.165, 1.54) is 11.5 Å². The summed E-state index contributed by atoms with van der Waals surface area (Å²) in [6.07, 6.45) is 3.99. The standard InChI is InChI=1S/C14H18N4OS/c1-9-7-18(8-10(2)19-9)14-12(13(15)17-20-14)11-3-5-16-6-4-11/h3-6,9-10H,7-8H2,1-2H3,(H2,15,17). The highest BCUT2D eigenvalue weighted by Crippen LogP contribution is 2.39. The van der Waals surface area contributed by atoms with Crippen LogP contribution in [0.3, 0.4) is 0 Å². The molecule has 0 aliphatic carbocycles. The number of morpholine rings is 1. The van der Waals surface area contributed by atoms with Crippen LogP contribution in [0, 0.1) is 0 Å².